The molecule has 0 saturated carbocycles. The van der Waals surface area contributed by atoms with Crippen molar-refractivity contribution in [2.75, 3.05) is 12.4 Å². The molecule has 0 saturated heterocycles. The van der Waals surface area contributed by atoms with Gasteiger partial charge >= 0.3 is 17.9 Å². The summed E-state index contributed by atoms with van der Waals surface area (Å²) in [5.41, 5.74) is 0. The van der Waals surface area contributed by atoms with E-state index in [2.05, 4.69) is 4.74 Å². The average molecular weight is 288 g/mol. The molecule has 0 rings (SSSR count). The van der Waals surface area contributed by atoms with Crippen LogP contribution in [0.5, 0.6) is 0 Å². The molecule has 19 heavy (non-hydrogen) atoms. The van der Waals surface area contributed by atoms with E-state index in [0.717, 1.165) is 12.0 Å². The minimum absolute atomic E-state index is 0.0674. The normalized spacial score (nSPS) is 11.2. The molecule has 0 N–H and O–H groups in total. The zero-order valence-corrected chi connectivity index (χ0v) is 11.8. The van der Waals surface area contributed by atoms with Crippen LogP contribution in [-0.4, -0.2) is 30.3 Å². The molecule has 6 nitrogen and oxygen atoms in total. The highest BCUT2D eigenvalue weighted by atomic mass is 32.2. The van der Waals surface area contributed by atoms with Crippen molar-refractivity contribution in [2.45, 2.75) is 20.8 Å². The third kappa shape index (κ3) is 9.90. The number of carbonyl (C=O) groups excluding carboxylic acids is 3. The van der Waals surface area contributed by atoms with Crippen LogP contribution in [0.2, 0.25) is 0 Å². The van der Waals surface area contributed by atoms with Gasteiger partial charge in [0.2, 0.25) is 5.76 Å². The van der Waals surface area contributed by atoms with Gasteiger partial charge in [-0.2, -0.15) is 0 Å². The van der Waals surface area contributed by atoms with Crippen LogP contribution < -0.4 is 0 Å². The molecule has 0 aliphatic heterocycles. The summed E-state index contributed by atoms with van der Waals surface area (Å²) in [6.45, 7) is 4.34. The SMILES string of the molecule is CCSOC(=O)C(=CC=CCOC(C)=O)OC(C)=O. The fourth-order valence-electron chi connectivity index (χ4n) is 0.829. The van der Waals surface area contributed by atoms with E-state index in [1.807, 2.05) is 6.92 Å². The summed E-state index contributed by atoms with van der Waals surface area (Å²) in [6.07, 6.45) is 4.19. The van der Waals surface area contributed by atoms with Gasteiger partial charge in [0.05, 0.1) is 12.0 Å². The Hall–Kier alpha value is -1.76. The predicted octanol–water partition coefficient (Wildman–Crippen LogP) is 1.76. The van der Waals surface area contributed by atoms with Gasteiger partial charge in [0, 0.05) is 19.6 Å². The minimum atomic E-state index is -0.751. The molecule has 0 aromatic carbocycles. The summed E-state index contributed by atoms with van der Waals surface area (Å²) in [7, 11) is 0. The molecular weight excluding hydrogens is 272 g/mol. The molecule has 0 aromatic heterocycles. The largest absolute Gasteiger partial charge is 0.462 e. The van der Waals surface area contributed by atoms with E-state index in [-0.39, 0.29) is 12.4 Å². The highest BCUT2D eigenvalue weighted by Crippen LogP contribution is 2.09. The molecule has 0 aliphatic carbocycles. The van der Waals surface area contributed by atoms with Crippen molar-refractivity contribution in [1.29, 1.82) is 0 Å². The lowest BCUT2D eigenvalue weighted by atomic mass is 10.4. The average Bonchev–Trinajstić information content (AvgIpc) is 2.33. The third-order valence-electron chi connectivity index (χ3n) is 1.47. The van der Waals surface area contributed by atoms with Crippen LogP contribution in [0.4, 0.5) is 0 Å². The lowest BCUT2D eigenvalue weighted by Crippen LogP contribution is -2.10. The Morgan fingerprint density at radius 1 is 1.16 bits per heavy atom. The fourth-order valence-corrected chi connectivity index (χ4v) is 1.14. The molecule has 7 heteroatoms. The van der Waals surface area contributed by atoms with Gasteiger partial charge in [-0.05, 0) is 12.2 Å². The van der Waals surface area contributed by atoms with Gasteiger partial charge in [0.25, 0.3) is 0 Å². The van der Waals surface area contributed by atoms with Crippen molar-refractivity contribution < 1.29 is 28.0 Å². The molecule has 0 spiro atoms. The van der Waals surface area contributed by atoms with Crippen molar-refractivity contribution in [3.63, 3.8) is 0 Å². The number of allylic oxidation sites excluding steroid dienone is 2. The Labute approximate surface area is 116 Å². The van der Waals surface area contributed by atoms with Gasteiger partial charge in [-0.15, -0.1) is 0 Å². The first-order valence-corrected chi connectivity index (χ1v) is 6.40. The minimum Gasteiger partial charge on any atom is -0.462 e. The summed E-state index contributed by atoms with van der Waals surface area (Å²) in [5, 5.41) is 0. The third-order valence-corrected chi connectivity index (χ3v) is 1.98. The number of rotatable bonds is 7. The monoisotopic (exact) mass is 288 g/mol. The van der Waals surface area contributed by atoms with E-state index < -0.39 is 17.9 Å². The Kier molecular flexibility index (Phi) is 9.25. The summed E-state index contributed by atoms with van der Waals surface area (Å²) in [4.78, 5) is 32.8. The number of ether oxygens (including phenoxy) is 2. The van der Waals surface area contributed by atoms with Crippen LogP contribution in [0, 0.1) is 0 Å². The molecule has 0 fully saturated rings. The standard InChI is InChI=1S/C12H16O6S/c1-4-19-18-12(15)11(17-10(3)14)7-5-6-8-16-9(2)13/h5-7H,4,8H2,1-3H3. The maximum absolute atomic E-state index is 11.5. The Morgan fingerprint density at radius 2 is 1.84 bits per heavy atom. The number of esters is 2. The second-order valence-electron chi connectivity index (χ2n) is 3.13. The maximum Gasteiger partial charge on any atom is 0.386 e. The first kappa shape index (κ1) is 17.2. The quantitative estimate of drug-likeness (QED) is 0.232. The van der Waals surface area contributed by atoms with Gasteiger partial charge in [0.1, 0.15) is 6.61 Å². The molecule has 0 bridgehead atoms. The van der Waals surface area contributed by atoms with Crippen molar-refractivity contribution in [1.82, 2.24) is 0 Å². The number of hydrogen-bond donors (Lipinski definition) is 0. The predicted molar refractivity (Wildman–Crippen MR) is 69.8 cm³/mol. The first-order valence-electron chi connectivity index (χ1n) is 5.49. The van der Waals surface area contributed by atoms with E-state index >= 15 is 0 Å². The Balaban J connectivity index is 4.50. The van der Waals surface area contributed by atoms with Crippen LogP contribution in [0.15, 0.2) is 24.0 Å². The Morgan fingerprint density at radius 3 is 2.37 bits per heavy atom. The summed E-state index contributed by atoms with van der Waals surface area (Å²) in [5.74, 6) is -1.43. The lowest BCUT2D eigenvalue weighted by Gasteiger charge is -2.04. The molecule has 0 radical (unpaired) electrons. The van der Waals surface area contributed by atoms with Gasteiger partial charge in [-0.25, -0.2) is 4.79 Å². The number of carbonyl (C=O) groups is 3. The molecule has 0 unspecified atom stereocenters. The van der Waals surface area contributed by atoms with Crippen LogP contribution in [0.3, 0.4) is 0 Å². The molecular formula is C12H16O6S. The van der Waals surface area contributed by atoms with Crippen LogP contribution >= 0.6 is 12.0 Å². The molecule has 0 aromatic rings. The van der Waals surface area contributed by atoms with Crippen molar-refractivity contribution in [2.24, 2.45) is 0 Å². The molecule has 0 aliphatic rings. The number of hydrogen-bond acceptors (Lipinski definition) is 7. The van der Waals surface area contributed by atoms with Crippen molar-refractivity contribution in [3.8, 4) is 0 Å². The molecule has 0 amide bonds. The van der Waals surface area contributed by atoms with E-state index in [1.54, 1.807) is 0 Å². The van der Waals surface area contributed by atoms with Crippen LogP contribution in [-0.2, 0) is 28.0 Å². The van der Waals surface area contributed by atoms with Gasteiger partial charge in [0.15, 0.2) is 0 Å². The highest BCUT2D eigenvalue weighted by Gasteiger charge is 2.14. The maximum atomic E-state index is 11.5. The summed E-state index contributed by atoms with van der Waals surface area (Å²) in [6, 6.07) is 0. The second-order valence-corrected chi connectivity index (χ2v) is 4.11. The van der Waals surface area contributed by atoms with E-state index in [4.69, 9.17) is 8.92 Å². The topological polar surface area (TPSA) is 78.9 Å². The lowest BCUT2D eigenvalue weighted by molar-refractivity contribution is -0.144. The zero-order chi connectivity index (χ0) is 14.7. The van der Waals surface area contributed by atoms with Crippen LogP contribution in [0.1, 0.15) is 20.8 Å². The fraction of sp³-hybridized carbons (Fsp3) is 0.417. The van der Waals surface area contributed by atoms with E-state index in [0.29, 0.717) is 5.75 Å². The Bertz CT molecular complexity index is 386. The first-order chi connectivity index (χ1) is 8.97. The second kappa shape index (κ2) is 10.2. The van der Waals surface area contributed by atoms with Crippen molar-refractivity contribution >= 4 is 30.0 Å². The summed E-state index contributed by atoms with van der Waals surface area (Å²) < 4.78 is 14.1. The zero-order valence-electron chi connectivity index (χ0n) is 11.0. The smallest absolute Gasteiger partial charge is 0.386 e. The van der Waals surface area contributed by atoms with Gasteiger partial charge < -0.3 is 13.7 Å². The van der Waals surface area contributed by atoms with Crippen molar-refractivity contribution in [3.05, 3.63) is 24.0 Å². The molecule has 106 valence electrons. The highest BCUT2D eigenvalue weighted by molar-refractivity contribution is 7.95. The van der Waals surface area contributed by atoms with E-state index in [1.165, 1.54) is 32.1 Å². The molecule has 0 atom stereocenters. The summed E-state index contributed by atoms with van der Waals surface area (Å²) >= 11 is 0.944. The van der Waals surface area contributed by atoms with E-state index in [9.17, 15) is 14.4 Å². The van der Waals surface area contributed by atoms with Gasteiger partial charge in [-0.3, -0.25) is 9.59 Å². The van der Waals surface area contributed by atoms with Gasteiger partial charge in [-0.1, -0.05) is 13.0 Å². The molecule has 0 heterocycles. The van der Waals surface area contributed by atoms with Crippen LogP contribution in [0.25, 0.3) is 0 Å².